The van der Waals surface area contributed by atoms with Crippen molar-refractivity contribution in [1.29, 1.82) is 5.26 Å². The first-order valence-corrected chi connectivity index (χ1v) is 4.91. The lowest BCUT2D eigenvalue weighted by molar-refractivity contribution is 0.519. The molecule has 1 rings (SSSR count). The molecular formula is C10H18N2. The number of nitrogens with one attached hydrogen (secondary N) is 1. The molecule has 1 saturated carbocycles. The standard InChI is InChI=1S/C10H18N2/c1-3-4-9-7-10(9)12-8(2)5-6-11/h8-10,12H,3-5,7H2,1-2H3. The van der Waals surface area contributed by atoms with Crippen molar-refractivity contribution in [3.05, 3.63) is 0 Å². The Morgan fingerprint density at radius 2 is 2.42 bits per heavy atom. The first kappa shape index (κ1) is 9.54. The Morgan fingerprint density at radius 3 is 3.00 bits per heavy atom. The van der Waals surface area contributed by atoms with Crippen LogP contribution in [0.15, 0.2) is 0 Å². The van der Waals surface area contributed by atoms with Gasteiger partial charge in [0.05, 0.1) is 12.5 Å². The summed E-state index contributed by atoms with van der Waals surface area (Å²) in [6.45, 7) is 4.32. The number of nitrogens with zero attached hydrogens (tertiary/aromatic N) is 1. The Bertz CT molecular complexity index is 171. The third-order valence-electron chi connectivity index (χ3n) is 2.48. The summed E-state index contributed by atoms with van der Waals surface area (Å²) in [4.78, 5) is 0. The number of rotatable bonds is 5. The maximum Gasteiger partial charge on any atom is 0.0638 e. The third kappa shape index (κ3) is 2.83. The van der Waals surface area contributed by atoms with Crippen molar-refractivity contribution >= 4 is 0 Å². The van der Waals surface area contributed by atoms with E-state index in [1.54, 1.807) is 0 Å². The second-order valence-corrected chi connectivity index (χ2v) is 3.82. The van der Waals surface area contributed by atoms with E-state index >= 15 is 0 Å². The van der Waals surface area contributed by atoms with E-state index in [-0.39, 0.29) is 0 Å². The van der Waals surface area contributed by atoms with Crippen molar-refractivity contribution < 1.29 is 0 Å². The van der Waals surface area contributed by atoms with Crippen LogP contribution in [0, 0.1) is 17.2 Å². The Labute approximate surface area is 75.0 Å². The quantitative estimate of drug-likeness (QED) is 0.678. The van der Waals surface area contributed by atoms with Crippen LogP contribution in [-0.4, -0.2) is 12.1 Å². The minimum atomic E-state index is 0.377. The molecule has 3 unspecified atom stereocenters. The van der Waals surface area contributed by atoms with Crippen LogP contribution in [0.5, 0.6) is 0 Å². The lowest BCUT2D eigenvalue weighted by Crippen LogP contribution is -2.28. The molecule has 1 aliphatic rings. The minimum absolute atomic E-state index is 0.377. The molecule has 1 aliphatic carbocycles. The predicted octanol–water partition coefficient (Wildman–Crippen LogP) is 2.07. The molecule has 0 aromatic rings. The number of hydrogen-bond acceptors (Lipinski definition) is 2. The Morgan fingerprint density at radius 1 is 1.67 bits per heavy atom. The highest BCUT2D eigenvalue weighted by Crippen LogP contribution is 2.34. The molecule has 3 atom stereocenters. The number of nitriles is 1. The maximum absolute atomic E-state index is 8.45. The maximum atomic E-state index is 8.45. The highest BCUT2D eigenvalue weighted by atomic mass is 15.0. The largest absolute Gasteiger partial charge is 0.310 e. The molecule has 0 radical (unpaired) electrons. The normalized spacial score (nSPS) is 29.4. The molecule has 0 amide bonds. The molecule has 1 N–H and O–H groups in total. The van der Waals surface area contributed by atoms with Crippen LogP contribution >= 0.6 is 0 Å². The zero-order valence-electron chi connectivity index (χ0n) is 8.01. The third-order valence-corrected chi connectivity index (χ3v) is 2.48. The molecule has 1 fully saturated rings. The highest BCUT2D eigenvalue weighted by Gasteiger charge is 2.36. The van der Waals surface area contributed by atoms with Crippen LogP contribution in [0.4, 0.5) is 0 Å². The van der Waals surface area contributed by atoms with Gasteiger partial charge in [0, 0.05) is 12.1 Å². The predicted molar refractivity (Wildman–Crippen MR) is 49.6 cm³/mol. The van der Waals surface area contributed by atoms with E-state index in [9.17, 15) is 0 Å². The van der Waals surface area contributed by atoms with Crippen LogP contribution in [0.25, 0.3) is 0 Å². The van der Waals surface area contributed by atoms with E-state index in [0.717, 1.165) is 5.92 Å². The van der Waals surface area contributed by atoms with E-state index < -0.39 is 0 Å². The van der Waals surface area contributed by atoms with Crippen molar-refractivity contribution in [1.82, 2.24) is 5.32 Å². The first-order chi connectivity index (χ1) is 5.77. The fraction of sp³-hybridized carbons (Fsp3) is 0.900. The van der Waals surface area contributed by atoms with Crippen LogP contribution in [0.1, 0.15) is 39.5 Å². The van der Waals surface area contributed by atoms with Gasteiger partial charge in [0.15, 0.2) is 0 Å². The Balaban J connectivity index is 2.07. The molecule has 0 aliphatic heterocycles. The highest BCUT2D eigenvalue weighted by molar-refractivity contribution is 4.95. The topological polar surface area (TPSA) is 35.8 Å². The van der Waals surface area contributed by atoms with E-state index in [4.69, 9.17) is 5.26 Å². The summed E-state index contributed by atoms with van der Waals surface area (Å²) in [7, 11) is 0. The van der Waals surface area contributed by atoms with Crippen LogP contribution < -0.4 is 5.32 Å². The zero-order chi connectivity index (χ0) is 8.97. The van der Waals surface area contributed by atoms with Gasteiger partial charge >= 0.3 is 0 Å². The lowest BCUT2D eigenvalue weighted by atomic mass is 10.2. The van der Waals surface area contributed by atoms with Gasteiger partial charge in [-0.25, -0.2) is 0 Å². The summed E-state index contributed by atoms with van der Waals surface area (Å²) in [6.07, 6.45) is 4.59. The molecule has 0 aromatic carbocycles. The fourth-order valence-electron chi connectivity index (χ4n) is 1.70. The van der Waals surface area contributed by atoms with Gasteiger partial charge < -0.3 is 5.32 Å². The average Bonchev–Trinajstić information content (AvgIpc) is 2.69. The van der Waals surface area contributed by atoms with Gasteiger partial charge in [-0.2, -0.15) is 5.26 Å². The molecule has 2 nitrogen and oxygen atoms in total. The van der Waals surface area contributed by atoms with E-state index in [0.29, 0.717) is 18.5 Å². The van der Waals surface area contributed by atoms with Crippen molar-refractivity contribution in [2.75, 3.05) is 0 Å². The van der Waals surface area contributed by atoms with E-state index in [1.807, 2.05) is 0 Å². The summed E-state index contributed by atoms with van der Waals surface area (Å²) >= 11 is 0. The van der Waals surface area contributed by atoms with Gasteiger partial charge in [0.1, 0.15) is 0 Å². The van der Waals surface area contributed by atoms with Gasteiger partial charge in [0.2, 0.25) is 0 Å². The molecular weight excluding hydrogens is 148 g/mol. The minimum Gasteiger partial charge on any atom is -0.310 e. The van der Waals surface area contributed by atoms with Crippen LogP contribution in [-0.2, 0) is 0 Å². The fourth-order valence-corrected chi connectivity index (χ4v) is 1.70. The molecule has 0 aromatic heterocycles. The molecule has 0 saturated heterocycles. The van der Waals surface area contributed by atoms with Gasteiger partial charge in [-0.15, -0.1) is 0 Å². The van der Waals surface area contributed by atoms with Crippen LogP contribution in [0.2, 0.25) is 0 Å². The number of hydrogen-bond donors (Lipinski definition) is 1. The van der Waals surface area contributed by atoms with E-state index in [1.165, 1.54) is 19.3 Å². The summed E-state index contributed by atoms with van der Waals surface area (Å²) in [5.74, 6) is 0.899. The van der Waals surface area contributed by atoms with Crippen LogP contribution in [0.3, 0.4) is 0 Å². The lowest BCUT2D eigenvalue weighted by Gasteiger charge is -2.08. The van der Waals surface area contributed by atoms with Gasteiger partial charge in [-0.1, -0.05) is 13.3 Å². The SMILES string of the molecule is CCCC1CC1NC(C)CC#N. The first-order valence-electron chi connectivity index (χ1n) is 4.91. The van der Waals surface area contributed by atoms with Gasteiger partial charge in [-0.3, -0.25) is 0 Å². The second kappa shape index (κ2) is 4.47. The summed E-state index contributed by atoms with van der Waals surface area (Å²) in [5, 5.41) is 11.9. The summed E-state index contributed by atoms with van der Waals surface area (Å²) in [6, 6.07) is 3.28. The molecule has 68 valence electrons. The second-order valence-electron chi connectivity index (χ2n) is 3.82. The molecule has 0 bridgehead atoms. The molecule has 12 heavy (non-hydrogen) atoms. The molecule has 2 heteroatoms. The monoisotopic (exact) mass is 166 g/mol. The van der Waals surface area contributed by atoms with Crippen molar-refractivity contribution in [2.45, 2.75) is 51.6 Å². The summed E-state index contributed by atoms with van der Waals surface area (Å²) < 4.78 is 0. The van der Waals surface area contributed by atoms with Crippen molar-refractivity contribution in [3.8, 4) is 6.07 Å². The zero-order valence-corrected chi connectivity index (χ0v) is 8.01. The Hall–Kier alpha value is -0.550. The summed E-state index contributed by atoms with van der Waals surface area (Å²) in [5.41, 5.74) is 0. The smallest absolute Gasteiger partial charge is 0.0638 e. The average molecular weight is 166 g/mol. The van der Waals surface area contributed by atoms with Gasteiger partial charge in [-0.05, 0) is 25.7 Å². The Kier molecular flexibility index (Phi) is 3.55. The van der Waals surface area contributed by atoms with Crippen molar-refractivity contribution in [3.63, 3.8) is 0 Å². The molecule has 0 spiro atoms. The van der Waals surface area contributed by atoms with Gasteiger partial charge in [0.25, 0.3) is 0 Å². The molecule has 0 heterocycles. The van der Waals surface area contributed by atoms with Crippen molar-refractivity contribution in [2.24, 2.45) is 5.92 Å². The van der Waals surface area contributed by atoms with E-state index in [2.05, 4.69) is 25.2 Å².